The average molecular weight is 309 g/mol. The van der Waals surface area contributed by atoms with Gasteiger partial charge in [0.2, 0.25) is 0 Å². The maximum atomic E-state index is 12.5. The van der Waals surface area contributed by atoms with Crippen LogP contribution >= 0.6 is 11.6 Å². The molecule has 1 unspecified atom stereocenters. The van der Waals surface area contributed by atoms with Crippen LogP contribution in [0, 0.1) is 0 Å². The molecule has 0 radical (unpaired) electrons. The van der Waals surface area contributed by atoms with Crippen molar-refractivity contribution >= 4 is 17.5 Å². The summed E-state index contributed by atoms with van der Waals surface area (Å²) in [6, 6.07) is 5.36. The first-order valence-corrected chi connectivity index (χ1v) is 7.65. The molecule has 5 heteroatoms. The highest BCUT2D eigenvalue weighted by atomic mass is 35.5. The molecule has 114 valence electrons. The van der Waals surface area contributed by atoms with Gasteiger partial charge in [-0.1, -0.05) is 30.7 Å². The summed E-state index contributed by atoms with van der Waals surface area (Å²) < 4.78 is 5.53. The Morgan fingerprint density at radius 1 is 1.52 bits per heavy atom. The van der Waals surface area contributed by atoms with E-state index in [1.807, 2.05) is 11.0 Å². The highest BCUT2D eigenvalue weighted by Gasteiger charge is 2.24. The van der Waals surface area contributed by atoms with Crippen molar-refractivity contribution < 1.29 is 9.53 Å². The number of nitrogens with two attached hydrogens (primary N) is 1. The van der Waals surface area contributed by atoms with Crippen LogP contribution in [0.1, 0.15) is 30.1 Å². The zero-order valence-electron chi connectivity index (χ0n) is 12.2. The van der Waals surface area contributed by atoms with Crippen molar-refractivity contribution in [2.24, 2.45) is 5.73 Å². The summed E-state index contributed by atoms with van der Waals surface area (Å²) in [4.78, 5) is 14.4. The minimum atomic E-state index is 0.00209. The lowest BCUT2D eigenvalue weighted by atomic mass is 10.1. The highest BCUT2D eigenvalue weighted by molar-refractivity contribution is 6.32. The topological polar surface area (TPSA) is 55.6 Å². The third-order valence-electron chi connectivity index (χ3n) is 3.52. The van der Waals surface area contributed by atoms with Gasteiger partial charge < -0.3 is 15.4 Å². The Hall–Kier alpha value is -1.52. The minimum Gasteiger partial charge on any atom is -0.492 e. The Bertz CT molecular complexity index is 531. The summed E-state index contributed by atoms with van der Waals surface area (Å²) in [5.41, 5.74) is 6.01. The first-order valence-electron chi connectivity index (χ1n) is 7.27. The number of ether oxygens (including phenoxy) is 1. The van der Waals surface area contributed by atoms with Crippen LogP contribution in [0.5, 0.6) is 5.75 Å². The lowest BCUT2D eigenvalue weighted by Gasteiger charge is -2.23. The number of benzene rings is 1. The van der Waals surface area contributed by atoms with Gasteiger partial charge in [-0.3, -0.25) is 4.79 Å². The maximum absolute atomic E-state index is 12.5. The zero-order chi connectivity index (χ0) is 15.2. The van der Waals surface area contributed by atoms with Crippen molar-refractivity contribution in [3.63, 3.8) is 0 Å². The third-order valence-corrected chi connectivity index (χ3v) is 3.82. The van der Waals surface area contributed by atoms with E-state index in [-0.39, 0.29) is 11.9 Å². The molecule has 1 aliphatic heterocycles. The molecule has 2 rings (SSSR count). The van der Waals surface area contributed by atoms with Gasteiger partial charge in [-0.25, -0.2) is 0 Å². The van der Waals surface area contributed by atoms with Crippen LogP contribution in [-0.4, -0.2) is 36.5 Å². The van der Waals surface area contributed by atoms with Crippen LogP contribution in [0.25, 0.3) is 0 Å². The van der Waals surface area contributed by atoms with Gasteiger partial charge in [0.05, 0.1) is 17.7 Å². The Balaban J connectivity index is 2.07. The van der Waals surface area contributed by atoms with Crippen molar-refractivity contribution in [2.45, 2.75) is 25.8 Å². The van der Waals surface area contributed by atoms with Crippen LogP contribution < -0.4 is 10.5 Å². The molecule has 0 saturated heterocycles. The van der Waals surface area contributed by atoms with Gasteiger partial charge in [0.25, 0.3) is 5.91 Å². The molecule has 4 nitrogen and oxygen atoms in total. The second-order valence-corrected chi connectivity index (χ2v) is 5.40. The third kappa shape index (κ3) is 3.77. The molecule has 2 N–H and O–H groups in total. The number of carbonyl (C=O) groups is 1. The summed E-state index contributed by atoms with van der Waals surface area (Å²) in [7, 11) is 0. The molecule has 1 aromatic carbocycles. The molecule has 1 aliphatic rings. The lowest BCUT2D eigenvalue weighted by Crippen LogP contribution is -2.35. The van der Waals surface area contributed by atoms with E-state index in [0.717, 1.165) is 12.8 Å². The van der Waals surface area contributed by atoms with Crippen molar-refractivity contribution in [3.8, 4) is 5.75 Å². The molecule has 0 aromatic heterocycles. The van der Waals surface area contributed by atoms with Crippen molar-refractivity contribution in [3.05, 3.63) is 40.9 Å². The van der Waals surface area contributed by atoms with Crippen LogP contribution in [0.3, 0.4) is 0 Å². The second kappa shape index (κ2) is 7.48. The fourth-order valence-electron chi connectivity index (χ4n) is 2.34. The molecular weight excluding hydrogens is 288 g/mol. The number of halogens is 1. The largest absolute Gasteiger partial charge is 0.492 e. The minimum absolute atomic E-state index is 0.00209. The van der Waals surface area contributed by atoms with E-state index in [0.29, 0.717) is 36.0 Å². The molecule has 0 fully saturated rings. The summed E-state index contributed by atoms with van der Waals surface area (Å²) in [6.07, 6.45) is 5.78. The van der Waals surface area contributed by atoms with Crippen LogP contribution in [0.2, 0.25) is 5.02 Å². The molecule has 1 amide bonds. The fraction of sp³-hybridized carbons (Fsp3) is 0.438. The first kappa shape index (κ1) is 15.9. The van der Waals surface area contributed by atoms with Gasteiger partial charge in [-0.05, 0) is 37.6 Å². The highest BCUT2D eigenvalue weighted by Crippen LogP contribution is 2.27. The van der Waals surface area contributed by atoms with E-state index in [9.17, 15) is 4.79 Å². The smallest absolute Gasteiger partial charge is 0.254 e. The monoisotopic (exact) mass is 308 g/mol. The SMILES string of the molecule is CCC1C=CCN1C(=O)c1ccc(OCCCN)c(Cl)c1. The average Bonchev–Trinajstić information content (AvgIpc) is 2.96. The Morgan fingerprint density at radius 2 is 2.33 bits per heavy atom. The van der Waals surface area contributed by atoms with Gasteiger partial charge in [-0.2, -0.15) is 0 Å². The first-order chi connectivity index (χ1) is 10.2. The predicted molar refractivity (Wildman–Crippen MR) is 84.9 cm³/mol. The second-order valence-electron chi connectivity index (χ2n) is 5.00. The van der Waals surface area contributed by atoms with E-state index < -0.39 is 0 Å². The zero-order valence-corrected chi connectivity index (χ0v) is 13.0. The Morgan fingerprint density at radius 3 is 3.00 bits per heavy atom. The standard InChI is InChI=1S/C16H21ClN2O2/c1-2-13-5-3-9-19(13)16(20)12-6-7-15(14(17)11-12)21-10-4-8-18/h3,5-7,11,13H,2,4,8-10,18H2,1H3. The molecule has 1 heterocycles. The number of hydrogen-bond donors (Lipinski definition) is 1. The number of nitrogens with zero attached hydrogens (tertiary/aromatic N) is 1. The molecule has 0 saturated carbocycles. The molecule has 0 spiro atoms. The molecule has 0 bridgehead atoms. The van der Waals surface area contributed by atoms with Crippen LogP contribution in [0.4, 0.5) is 0 Å². The van der Waals surface area contributed by atoms with E-state index in [1.54, 1.807) is 18.2 Å². The number of hydrogen-bond acceptors (Lipinski definition) is 3. The van der Waals surface area contributed by atoms with Gasteiger partial charge in [0.1, 0.15) is 5.75 Å². The van der Waals surface area contributed by atoms with Gasteiger partial charge in [0.15, 0.2) is 0 Å². The fourth-order valence-corrected chi connectivity index (χ4v) is 2.58. The molecule has 0 aliphatic carbocycles. The van der Waals surface area contributed by atoms with Crippen molar-refractivity contribution in [1.82, 2.24) is 4.90 Å². The maximum Gasteiger partial charge on any atom is 0.254 e. The van der Waals surface area contributed by atoms with E-state index in [2.05, 4.69) is 13.0 Å². The van der Waals surface area contributed by atoms with Crippen LogP contribution in [-0.2, 0) is 0 Å². The molecule has 21 heavy (non-hydrogen) atoms. The molecular formula is C16H21ClN2O2. The van der Waals surface area contributed by atoms with Crippen molar-refractivity contribution in [2.75, 3.05) is 19.7 Å². The predicted octanol–water partition coefficient (Wildman–Crippen LogP) is 2.86. The van der Waals surface area contributed by atoms with E-state index in [1.165, 1.54) is 0 Å². The summed E-state index contributed by atoms with van der Waals surface area (Å²) in [6.45, 7) is 3.83. The number of amides is 1. The summed E-state index contributed by atoms with van der Waals surface area (Å²) >= 11 is 6.19. The molecule has 1 aromatic rings. The van der Waals surface area contributed by atoms with E-state index >= 15 is 0 Å². The van der Waals surface area contributed by atoms with Crippen LogP contribution in [0.15, 0.2) is 30.4 Å². The number of rotatable bonds is 6. The summed E-state index contributed by atoms with van der Waals surface area (Å²) in [5.74, 6) is 0.593. The number of carbonyl (C=O) groups excluding carboxylic acids is 1. The van der Waals surface area contributed by atoms with Gasteiger partial charge in [-0.15, -0.1) is 0 Å². The van der Waals surface area contributed by atoms with Crippen molar-refractivity contribution in [1.29, 1.82) is 0 Å². The van der Waals surface area contributed by atoms with Gasteiger partial charge in [0, 0.05) is 12.1 Å². The lowest BCUT2D eigenvalue weighted by molar-refractivity contribution is 0.0747. The van der Waals surface area contributed by atoms with E-state index in [4.69, 9.17) is 22.1 Å². The molecule has 1 atom stereocenters. The Labute approximate surface area is 130 Å². The summed E-state index contributed by atoms with van der Waals surface area (Å²) in [5, 5.41) is 0.457. The quantitative estimate of drug-likeness (QED) is 0.649. The van der Waals surface area contributed by atoms with Gasteiger partial charge >= 0.3 is 0 Å². The normalized spacial score (nSPS) is 17.3. The Kier molecular flexibility index (Phi) is 5.65.